The first-order chi connectivity index (χ1) is 48.3. The summed E-state index contributed by atoms with van der Waals surface area (Å²) in [5.74, 6) is 0.326. The lowest BCUT2D eigenvalue weighted by atomic mass is 9.99. The van der Waals surface area contributed by atoms with E-state index in [2.05, 4.69) is 48.5 Å². The number of unbranched alkanes of at least 4 members (excludes halogenated alkanes) is 45. The van der Waals surface area contributed by atoms with E-state index in [4.69, 9.17) is 37.0 Å². The minimum atomic E-state index is -4.96. The summed E-state index contributed by atoms with van der Waals surface area (Å²) in [5.41, 5.74) is 0. The molecule has 0 aromatic heterocycles. The first-order valence-corrected chi connectivity index (χ1v) is 44.9. The molecule has 0 aliphatic carbocycles. The van der Waals surface area contributed by atoms with E-state index in [0.29, 0.717) is 25.7 Å². The van der Waals surface area contributed by atoms with Gasteiger partial charge >= 0.3 is 39.5 Å². The van der Waals surface area contributed by atoms with Crippen molar-refractivity contribution in [2.45, 2.75) is 439 Å². The Labute approximate surface area is 613 Å². The van der Waals surface area contributed by atoms with Crippen molar-refractivity contribution in [2.24, 2.45) is 17.8 Å². The summed E-state index contributed by atoms with van der Waals surface area (Å²) in [6.07, 6.45) is 59.7. The fraction of sp³-hybridized carbons (Fsp3) is 0.951. The van der Waals surface area contributed by atoms with Crippen LogP contribution in [0.15, 0.2) is 0 Å². The smallest absolute Gasteiger partial charge is 0.462 e. The Hall–Kier alpha value is -1.94. The molecular formula is C81H158O17P2. The van der Waals surface area contributed by atoms with Gasteiger partial charge in [0.2, 0.25) is 0 Å². The molecule has 4 unspecified atom stereocenters. The van der Waals surface area contributed by atoms with Crippen LogP contribution in [0.1, 0.15) is 421 Å². The van der Waals surface area contributed by atoms with Crippen LogP contribution < -0.4 is 0 Å². The van der Waals surface area contributed by atoms with E-state index in [1.807, 2.05) is 0 Å². The number of hydrogen-bond acceptors (Lipinski definition) is 15. The highest BCUT2D eigenvalue weighted by atomic mass is 31.2. The quantitative estimate of drug-likeness (QED) is 0.0222. The molecule has 0 aliphatic heterocycles. The van der Waals surface area contributed by atoms with Crippen molar-refractivity contribution in [1.29, 1.82) is 0 Å². The summed E-state index contributed by atoms with van der Waals surface area (Å²) in [4.78, 5) is 72.9. The summed E-state index contributed by atoms with van der Waals surface area (Å²) < 4.78 is 68.6. The highest BCUT2D eigenvalue weighted by Gasteiger charge is 2.30. The average Bonchev–Trinajstić information content (AvgIpc) is 0.920. The van der Waals surface area contributed by atoms with E-state index >= 15 is 0 Å². The molecule has 0 saturated heterocycles. The predicted octanol–water partition coefficient (Wildman–Crippen LogP) is 24.1. The molecule has 0 aromatic rings. The number of aliphatic hydroxyl groups excluding tert-OH is 1. The van der Waals surface area contributed by atoms with Gasteiger partial charge in [0, 0.05) is 25.7 Å². The lowest BCUT2D eigenvalue weighted by Crippen LogP contribution is -2.30. The van der Waals surface area contributed by atoms with E-state index in [1.54, 1.807) is 0 Å². The molecule has 0 rings (SSSR count). The summed E-state index contributed by atoms with van der Waals surface area (Å²) in [6, 6.07) is 0. The normalized spacial score (nSPS) is 14.5. The Kier molecular flexibility index (Phi) is 69.9. The number of carbonyl (C=O) groups is 4. The molecule has 17 nitrogen and oxygen atoms in total. The third-order valence-electron chi connectivity index (χ3n) is 19.6. The standard InChI is InChI=1S/C81H158O17P2/c1-8-11-12-13-14-31-41-48-55-62-78(83)91-68-77(98-81(86)65-58-51-44-37-36-40-47-54-61-74(7)10-3)71-96-100(89,90)94-67-75(82)66-93-99(87,88)95-70-76(69-92-79(84)63-56-49-42-34-29-25-22-21-23-27-32-38-45-52-59-72(4)5)97-80(85)64-57-50-43-35-30-26-20-18-16-15-17-19-24-28-33-39-46-53-60-73(6)9-2/h72-77,82H,8-71H2,1-7H3,(H,87,88)(H,89,90)/t73?,74?,75-,76-,77-/m1/s1. The average molecular weight is 1470 g/mol. The van der Waals surface area contributed by atoms with E-state index in [9.17, 15) is 43.2 Å². The summed E-state index contributed by atoms with van der Waals surface area (Å²) >= 11 is 0. The maximum absolute atomic E-state index is 13.1. The van der Waals surface area contributed by atoms with Crippen LogP contribution in [0.4, 0.5) is 0 Å². The molecule has 3 N–H and O–H groups in total. The second-order valence-electron chi connectivity index (χ2n) is 30.1. The zero-order chi connectivity index (χ0) is 73.7. The molecule has 19 heteroatoms. The van der Waals surface area contributed by atoms with E-state index in [0.717, 1.165) is 108 Å². The molecule has 0 radical (unpaired) electrons. The van der Waals surface area contributed by atoms with E-state index in [1.165, 1.54) is 231 Å². The number of hydrogen-bond donors (Lipinski definition) is 3. The Morgan fingerprint density at radius 2 is 0.510 bits per heavy atom. The van der Waals surface area contributed by atoms with E-state index < -0.39 is 97.5 Å². The summed E-state index contributed by atoms with van der Waals surface area (Å²) in [7, 11) is -9.92. The third-order valence-corrected chi connectivity index (χ3v) is 21.5. The van der Waals surface area contributed by atoms with Gasteiger partial charge < -0.3 is 33.8 Å². The molecule has 0 heterocycles. The predicted molar refractivity (Wildman–Crippen MR) is 409 cm³/mol. The van der Waals surface area contributed by atoms with Crippen LogP contribution in [-0.4, -0.2) is 96.7 Å². The van der Waals surface area contributed by atoms with Crippen LogP contribution in [0.5, 0.6) is 0 Å². The van der Waals surface area contributed by atoms with Gasteiger partial charge in [-0.1, -0.05) is 370 Å². The van der Waals surface area contributed by atoms with Crippen molar-refractivity contribution < 1.29 is 80.2 Å². The number of aliphatic hydroxyl groups is 1. The van der Waals surface area contributed by atoms with Gasteiger partial charge in [0.05, 0.1) is 26.4 Å². The van der Waals surface area contributed by atoms with Crippen LogP contribution in [0, 0.1) is 17.8 Å². The van der Waals surface area contributed by atoms with Gasteiger partial charge in [-0.3, -0.25) is 37.3 Å². The summed E-state index contributed by atoms with van der Waals surface area (Å²) in [6.45, 7) is 12.0. The van der Waals surface area contributed by atoms with E-state index in [-0.39, 0.29) is 25.7 Å². The maximum atomic E-state index is 13.1. The Bertz CT molecular complexity index is 1940. The van der Waals surface area contributed by atoms with Crippen molar-refractivity contribution in [3.05, 3.63) is 0 Å². The lowest BCUT2D eigenvalue weighted by Gasteiger charge is -2.21. The second kappa shape index (κ2) is 71.3. The number of phosphoric ester groups is 2. The highest BCUT2D eigenvalue weighted by Crippen LogP contribution is 2.45. The van der Waals surface area contributed by atoms with Gasteiger partial charge in [0.15, 0.2) is 12.2 Å². The Morgan fingerprint density at radius 1 is 0.290 bits per heavy atom. The largest absolute Gasteiger partial charge is 0.472 e. The second-order valence-corrected chi connectivity index (χ2v) is 33.0. The Balaban J connectivity index is 5.20. The number of rotatable bonds is 79. The van der Waals surface area contributed by atoms with Crippen molar-refractivity contribution in [2.75, 3.05) is 39.6 Å². The van der Waals surface area contributed by atoms with Crippen LogP contribution in [0.3, 0.4) is 0 Å². The molecule has 0 amide bonds. The number of ether oxygens (including phenoxy) is 4. The summed E-state index contributed by atoms with van der Waals surface area (Å²) in [5, 5.41) is 10.6. The molecule has 0 aliphatic rings. The highest BCUT2D eigenvalue weighted by molar-refractivity contribution is 7.47. The molecule has 0 bridgehead atoms. The van der Waals surface area contributed by atoms with Crippen molar-refractivity contribution in [1.82, 2.24) is 0 Å². The van der Waals surface area contributed by atoms with Crippen molar-refractivity contribution in [3.8, 4) is 0 Å². The number of phosphoric acid groups is 2. The minimum absolute atomic E-state index is 0.105. The van der Waals surface area contributed by atoms with Crippen molar-refractivity contribution in [3.63, 3.8) is 0 Å². The number of esters is 4. The monoisotopic (exact) mass is 1470 g/mol. The lowest BCUT2D eigenvalue weighted by molar-refractivity contribution is -0.161. The first-order valence-electron chi connectivity index (χ1n) is 41.9. The zero-order valence-electron chi connectivity index (χ0n) is 65.7. The maximum Gasteiger partial charge on any atom is 0.472 e. The van der Waals surface area contributed by atoms with Gasteiger partial charge in [-0.2, -0.15) is 0 Å². The third kappa shape index (κ3) is 71.7. The molecule has 0 fully saturated rings. The van der Waals surface area contributed by atoms with Crippen molar-refractivity contribution >= 4 is 39.5 Å². The van der Waals surface area contributed by atoms with Crippen LogP contribution in [0.2, 0.25) is 0 Å². The number of carbonyl (C=O) groups excluding carboxylic acids is 4. The molecule has 0 aromatic carbocycles. The SMILES string of the molecule is CCCCCCCCCCCC(=O)OC[C@H](COP(=O)(O)OC[C@H](O)COP(=O)(O)OC[C@@H](COC(=O)CCCCCCCCCCCCCCCCC(C)C)OC(=O)CCCCCCCCCCCCCCCCCCCCC(C)CC)OC(=O)CCCCCCCCCCC(C)CC. The Morgan fingerprint density at radius 3 is 0.760 bits per heavy atom. The molecule has 594 valence electrons. The molecule has 0 saturated carbocycles. The van der Waals surface area contributed by atoms with Gasteiger partial charge in [-0.15, -0.1) is 0 Å². The van der Waals surface area contributed by atoms with Crippen LogP contribution >= 0.6 is 15.6 Å². The fourth-order valence-corrected chi connectivity index (χ4v) is 14.0. The molecule has 100 heavy (non-hydrogen) atoms. The zero-order valence-corrected chi connectivity index (χ0v) is 67.5. The van der Waals surface area contributed by atoms with Gasteiger partial charge in [0.25, 0.3) is 0 Å². The van der Waals surface area contributed by atoms with Gasteiger partial charge in [-0.25, -0.2) is 9.13 Å². The molecule has 7 atom stereocenters. The fourth-order valence-electron chi connectivity index (χ4n) is 12.4. The first kappa shape index (κ1) is 98.1. The minimum Gasteiger partial charge on any atom is -0.462 e. The topological polar surface area (TPSA) is 237 Å². The molecular weight excluding hydrogens is 1310 g/mol. The van der Waals surface area contributed by atoms with Gasteiger partial charge in [0.1, 0.15) is 19.3 Å². The van der Waals surface area contributed by atoms with Crippen LogP contribution in [-0.2, 0) is 65.4 Å². The molecule has 0 spiro atoms. The van der Waals surface area contributed by atoms with Gasteiger partial charge in [-0.05, 0) is 43.4 Å². The van der Waals surface area contributed by atoms with Crippen LogP contribution in [0.25, 0.3) is 0 Å².